The molecule has 0 aliphatic carbocycles. The number of carbonyl (C=O) groups is 1. The smallest absolute Gasteiger partial charge is 0.258 e. The molecule has 0 aliphatic heterocycles. The molecule has 0 aliphatic rings. The molecular formula is C15H13F3N2O. The van der Waals surface area contributed by atoms with Gasteiger partial charge in [-0.3, -0.25) is 4.79 Å². The molecule has 0 fully saturated rings. The fourth-order valence-electron chi connectivity index (χ4n) is 1.86. The summed E-state index contributed by atoms with van der Waals surface area (Å²) in [6.07, 6.45) is 0. The summed E-state index contributed by atoms with van der Waals surface area (Å²) in [6.45, 7) is 0.600. The van der Waals surface area contributed by atoms with Crippen LogP contribution in [-0.4, -0.2) is 13.0 Å². The molecule has 0 radical (unpaired) electrons. The van der Waals surface area contributed by atoms with Crippen molar-refractivity contribution in [3.8, 4) is 0 Å². The Hall–Kier alpha value is -2.34. The fraction of sp³-hybridized carbons (Fsp3) is 0.133. The molecule has 2 aromatic rings. The van der Waals surface area contributed by atoms with Crippen molar-refractivity contribution in [2.75, 3.05) is 12.4 Å². The van der Waals surface area contributed by atoms with Gasteiger partial charge in [-0.2, -0.15) is 0 Å². The number of halogens is 3. The molecule has 0 unspecified atom stereocenters. The van der Waals surface area contributed by atoms with Crippen molar-refractivity contribution in [1.82, 2.24) is 5.32 Å². The molecule has 21 heavy (non-hydrogen) atoms. The SMILES string of the molecule is CNCc1cccc(NC(=O)c2ccc(F)c(F)c2F)c1. The molecule has 2 rings (SSSR count). The van der Waals surface area contributed by atoms with E-state index in [-0.39, 0.29) is 0 Å². The molecule has 3 nitrogen and oxygen atoms in total. The van der Waals surface area contributed by atoms with Gasteiger partial charge in [0.2, 0.25) is 0 Å². The number of hydrogen-bond acceptors (Lipinski definition) is 2. The third kappa shape index (κ3) is 3.41. The van der Waals surface area contributed by atoms with Crippen molar-refractivity contribution in [2.24, 2.45) is 0 Å². The minimum atomic E-state index is -1.66. The second-order valence-electron chi connectivity index (χ2n) is 4.41. The molecule has 2 N–H and O–H groups in total. The molecule has 0 atom stereocenters. The zero-order chi connectivity index (χ0) is 15.4. The maximum Gasteiger partial charge on any atom is 0.258 e. The van der Waals surface area contributed by atoms with Crippen LogP contribution in [0.2, 0.25) is 0 Å². The van der Waals surface area contributed by atoms with Crippen LogP contribution < -0.4 is 10.6 Å². The predicted octanol–water partition coefficient (Wildman–Crippen LogP) is 3.08. The van der Waals surface area contributed by atoms with Gasteiger partial charge in [0.05, 0.1) is 5.56 Å². The molecule has 6 heteroatoms. The second-order valence-corrected chi connectivity index (χ2v) is 4.41. The lowest BCUT2D eigenvalue weighted by molar-refractivity contribution is 0.102. The highest BCUT2D eigenvalue weighted by molar-refractivity contribution is 6.04. The van der Waals surface area contributed by atoms with Crippen molar-refractivity contribution < 1.29 is 18.0 Å². The lowest BCUT2D eigenvalue weighted by atomic mass is 10.1. The van der Waals surface area contributed by atoms with Crippen molar-refractivity contribution >= 4 is 11.6 Å². The first kappa shape index (κ1) is 15.1. The summed E-state index contributed by atoms with van der Waals surface area (Å²) in [5.41, 5.74) is 0.811. The van der Waals surface area contributed by atoms with Gasteiger partial charge in [-0.05, 0) is 36.9 Å². The average molecular weight is 294 g/mol. The predicted molar refractivity (Wildman–Crippen MR) is 73.5 cm³/mol. The van der Waals surface area contributed by atoms with Crippen LogP contribution in [0.25, 0.3) is 0 Å². The summed E-state index contributed by atoms with van der Waals surface area (Å²) in [6, 6.07) is 8.51. The van der Waals surface area contributed by atoms with E-state index in [0.29, 0.717) is 18.3 Å². The minimum absolute atomic E-state index is 0.442. The summed E-state index contributed by atoms with van der Waals surface area (Å²) < 4.78 is 39.5. The Bertz CT molecular complexity index is 674. The number of nitrogens with one attached hydrogen (secondary N) is 2. The van der Waals surface area contributed by atoms with Crippen LogP contribution in [0.15, 0.2) is 36.4 Å². The van der Waals surface area contributed by atoms with Crippen LogP contribution in [0.4, 0.5) is 18.9 Å². The van der Waals surface area contributed by atoms with E-state index in [1.54, 1.807) is 25.2 Å². The van der Waals surface area contributed by atoms with Crippen molar-refractivity contribution in [3.05, 3.63) is 65.0 Å². The third-order valence-corrected chi connectivity index (χ3v) is 2.85. The van der Waals surface area contributed by atoms with Gasteiger partial charge >= 0.3 is 0 Å². The highest BCUT2D eigenvalue weighted by Gasteiger charge is 2.18. The van der Waals surface area contributed by atoms with E-state index in [1.165, 1.54) is 0 Å². The Labute approximate surface area is 119 Å². The van der Waals surface area contributed by atoms with Gasteiger partial charge in [0.1, 0.15) is 0 Å². The van der Waals surface area contributed by atoms with E-state index < -0.39 is 28.9 Å². The normalized spacial score (nSPS) is 10.5. The number of amides is 1. The summed E-state index contributed by atoms with van der Waals surface area (Å²) in [4.78, 5) is 11.9. The van der Waals surface area contributed by atoms with Crippen LogP contribution in [0, 0.1) is 17.5 Å². The molecular weight excluding hydrogens is 281 g/mol. The van der Waals surface area contributed by atoms with Gasteiger partial charge in [0.15, 0.2) is 17.5 Å². The van der Waals surface area contributed by atoms with Gasteiger partial charge in [0.25, 0.3) is 5.91 Å². The summed E-state index contributed by atoms with van der Waals surface area (Å²) >= 11 is 0. The highest BCUT2D eigenvalue weighted by Crippen LogP contribution is 2.17. The quantitative estimate of drug-likeness (QED) is 0.851. The molecule has 0 saturated heterocycles. The first-order valence-corrected chi connectivity index (χ1v) is 6.21. The number of benzene rings is 2. The lowest BCUT2D eigenvalue weighted by Crippen LogP contribution is -2.15. The molecule has 0 heterocycles. The maximum absolute atomic E-state index is 13.5. The minimum Gasteiger partial charge on any atom is -0.322 e. The Kier molecular flexibility index (Phi) is 4.59. The number of anilines is 1. The van der Waals surface area contributed by atoms with Crippen LogP contribution in [-0.2, 0) is 6.54 Å². The highest BCUT2D eigenvalue weighted by atomic mass is 19.2. The topological polar surface area (TPSA) is 41.1 Å². The molecule has 2 aromatic carbocycles. The van der Waals surface area contributed by atoms with Crippen molar-refractivity contribution in [3.63, 3.8) is 0 Å². The van der Waals surface area contributed by atoms with Gasteiger partial charge in [-0.15, -0.1) is 0 Å². The first-order valence-electron chi connectivity index (χ1n) is 6.21. The Morgan fingerprint density at radius 1 is 1.10 bits per heavy atom. The van der Waals surface area contributed by atoms with E-state index in [0.717, 1.165) is 11.6 Å². The molecule has 0 aromatic heterocycles. The van der Waals surface area contributed by atoms with Gasteiger partial charge in [-0.25, -0.2) is 13.2 Å². The van der Waals surface area contributed by atoms with Crippen LogP contribution >= 0.6 is 0 Å². The number of hydrogen-bond donors (Lipinski definition) is 2. The Balaban J connectivity index is 2.22. The second kappa shape index (κ2) is 6.41. The van der Waals surface area contributed by atoms with E-state index in [4.69, 9.17) is 0 Å². The van der Waals surface area contributed by atoms with Crippen molar-refractivity contribution in [2.45, 2.75) is 6.54 Å². The monoisotopic (exact) mass is 294 g/mol. The van der Waals surface area contributed by atoms with E-state index in [1.807, 2.05) is 6.07 Å². The Morgan fingerprint density at radius 3 is 2.57 bits per heavy atom. The summed E-state index contributed by atoms with van der Waals surface area (Å²) in [7, 11) is 1.78. The Morgan fingerprint density at radius 2 is 1.86 bits per heavy atom. The zero-order valence-electron chi connectivity index (χ0n) is 11.2. The molecule has 110 valence electrons. The maximum atomic E-state index is 13.5. The molecule has 1 amide bonds. The zero-order valence-corrected chi connectivity index (χ0v) is 11.2. The lowest BCUT2D eigenvalue weighted by Gasteiger charge is -2.08. The molecule has 0 saturated carbocycles. The standard InChI is InChI=1S/C15H13F3N2O/c1-19-8-9-3-2-4-10(7-9)20-15(21)11-5-6-12(16)14(18)13(11)17/h2-7,19H,8H2,1H3,(H,20,21). The average Bonchev–Trinajstić information content (AvgIpc) is 2.45. The van der Waals surface area contributed by atoms with E-state index >= 15 is 0 Å². The molecule has 0 bridgehead atoms. The van der Waals surface area contributed by atoms with Crippen molar-refractivity contribution in [1.29, 1.82) is 0 Å². The number of carbonyl (C=O) groups excluding carboxylic acids is 1. The van der Waals surface area contributed by atoms with Gasteiger partial charge in [-0.1, -0.05) is 12.1 Å². The number of rotatable bonds is 4. The first-order chi connectivity index (χ1) is 10.0. The van der Waals surface area contributed by atoms with Crippen LogP contribution in [0.3, 0.4) is 0 Å². The van der Waals surface area contributed by atoms with Crippen LogP contribution in [0.1, 0.15) is 15.9 Å². The van der Waals surface area contributed by atoms with Crippen LogP contribution in [0.5, 0.6) is 0 Å². The third-order valence-electron chi connectivity index (χ3n) is 2.85. The summed E-state index contributed by atoms with van der Waals surface area (Å²) in [5.74, 6) is -5.33. The fourth-order valence-corrected chi connectivity index (χ4v) is 1.86. The van der Waals surface area contributed by atoms with E-state index in [9.17, 15) is 18.0 Å². The summed E-state index contributed by atoms with van der Waals surface area (Å²) in [5, 5.41) is 5.40. The largest absolute Gasteiger partial charge is 0.322 e. The van der Waals surface area contributed by atoms with E-state index in [2.05, 4.69) is 10.6 Å². The molecule has 0 spiro atoms. The van der Waals surface area contributed by atoms with Gasteiger partial charge < -0.3 is 10.6 Å². The van der Waals surface area contributed by atoms with Gasteiger partial charge in [0, 0.05) is 12.2 Å².